The second-order valence-corrected chi connectivity index (χ2v) is 7.58. The summed E-state index contributed by atoms with van der Waals surface area (Å²) in [4.78, 5) is 25.4. The Morgan fingerprint density at radius 1 is 1.00 bits per heavy atom. The van der Waals surface area contributed by atoms with Crippen LogP contribution in [-0.4, -0.2) is 38.2 Å². The molecule has 1 aliphatic rings. The minimum absolute atomic E-state index is 0.0645. The van der Waals surface area contributed by atoms with Gasteiger partial charge in [-0.25, -0.2) is 0 Å². The van der Waals surface area contributed by atoms with E-state index in [1.165, 1.54) is 0 Å². The summed E-state index contributed by atoms with van der Waals surface area (Å²) in [6.07, 6.45) is 1.22. The van der Waals surface area contributed by atoms with Crippen molar-refractivity contribution in [3.63, 3.8) is 0 Å². The highest BCUT2D eigenvalue weighted by Gasteiger charge is 2.41. The van der Waals surface area contributed by atoms with Crippen LogP contribution in [-0.2, 0) is 14.9 Å². The van der Waals surface area contributed by atoms with Crippen LogP contribution in [0, 0.1) is 0 Å². The maximum absolute atomic E-state index is 13.3. The maximum Gasteiger partial charge on any atom is 0.251 e. The summed E-state index contributed by atoms with van der Waals surface area (Å²) in [6.45, 7) is 4.90. The molecule has 1 aliphatic heterocycles. The summed E-state index contributed by atoms with van der Waals surface area (Å²) < 4.78 is 10.8. The normalized spacial score (nSPS) is 15.6. The van der Waals surface area contributed by atoms with Crippen molar-refractivity contribution in [1.82, 2.24) is 5.32 Å². The first-order valence-electron chi connectivity index (χ1n) is 9.89. The fourth-order valence-electron chi connectivity index (χ4n) is 3.58. The Bertz CT molecular complexity index is 838. The van der Waals surface area contributed by atoms with Gasteiger partial charge in [-0.2, -0.15) is 0 Å². The summed E-state index contributed by atoms with van der Waals surface area (Å²) in [5.74, 6) is 0.564. The van der Waals surface area contributed by atoms with Crippen LogP contribution in [0.2, 0.25) is 0 Å². The van der Waals surface area contributed by atoms with Gasteiger partial charge in [-0.15, -0.1) is 0 Å². The molecule has 2 N–H and O–H groups in total. The molecule has 0 radical (unpaired) electrons. The molecule has 1 heterocycles. The largest absolute Gasteiger partial charge is 0.497 e. The first-order valence-corrected chi connectivity index (χ1v) is 9.89. The van der Waals surface area contributed by atoms with Gasteiger partial charge in [0, 0.05) is 30.5 Å². The highest BCUT2D eigenvalue weighted by atomic mass is 16.5. The smallest absolute Gasteiger partial charge is 0.251 e. The minimum Gasteiger partial charge on any atom is -0.497 e. The molecule has 0 aromatic heterocycles. The molecule has 1 saturated heterocycles. The third-order valence-corrected chi connectivity index (χ3v) is 5.25. The van der Waals surface area contributed by atoms with Crippen LogP contribution in [0.25, 0.3) is 0 Å². The molecule has 2 amide bonds. The van der Waals surface area contributed by atoms with Gasteiger partial charge in [0.05, 0.1) is 12.5 Å². The number of anilines is 1. The average molecular weight is 396 g/mol. The summed E-state index contributed by atoms with van der Waals surface area (Å²) >= 11 is 0. The Kier molecular flexibility index (Phi) is 6.54. The quantitative estimate of drug-likeness (QED) is 0.783. The Labute approximate surface area is 171 Å². The number of ether oxygens (including phenoxy) is 2. The molecule has 0 bridgehead atoms. The van der Waals surface area contributed by atoms with E-state index in [1.54, 1.807) is 31.4 Å². The highest BCUT2D eigenvalue weighted by molar-refractivity contribution is 6.00. The zero-order valence-corrected chi connectivity index (χ0v) is 17.2. The predicted molar refractivity (Wildman–Crippen MR) is 112 cm³/mol. The molecule has 6 heteroatoms. The van der Waals surface area contributed by atoms with E-state index in [4.69, 9.17) is 9.47 Å². The third kappa shape index (κ3) is 4.77. The standard InChI is InChI=1S/C23H28N2O4/c1-16(2)24-21(26)17-4-8-19(9-5-17)25-22(27)23(12-14-29-15-13-23)18-6-10-20(28-3)11-7-18/h4-11,16H,12-15H2,1-3H3,(H,24,26)(H,25,27). The van der Waals surface area contributed by atoms with E-state index in [1.807, 2.05) is 38.1 Å². The second-order valence-electron chi connectivity index (χ2n) is 7.58. The van der Waals surface area contributed by atoms with E-state index in [9.17, 15) is 9.59 Å². The van der Waals surface area contributed by atoms with E-state index in [2.05, 4.69) is 10.6 Å². The van der Waals surface area contributed by atoms with Crippen LogP contribution in [0.3, 0.4) is 0 Å². The second kappa shape index (κ2) is 9.09. The van der Waals surface area contributed by atoms with E-state index in [0.29, 0.717) is 37.3 Å². The van der Waals surface area contributed by atoms with Crippen molar-refractivity contribution in [3.05, 3.63) is 59.7 Å². The van der Waals surface area contributed by atoms with E-state index in [-0.39, 0.29) is 17.9 Å². The lowest BCUT2D eigenvalue weighted by Gasteiger charge is -2.36. The Morgan fingerprint density at radius 3 is 2.17 bits per heavy atom. The van der Waals surface area contributed by atoms with Crippen molar-refractivity contribution in [2.24, 2.45) is 0 Å². The van der Waals surface area contributed by atoms with Crippen LogP contribution >= 0.6 is 0 Å². The van der Waals surface area contributed by atoms with Crippen molar-refractivity contribution < 1.29 is 19.1 Å². The average Bonchev–Trinajstić information content (AvgIpc) is 2.74. The third-order valence-electron chi connectivity index (χ3n) is 5.25. The fraction of sp³-hybridized carbons (Fsp3) is 0.391. The van der Waals surface area contributed by atoms with Gasteiger partial charge in [-0.05, 0) is 68.7 Å². The molecular weight excluding hydrogens is 368 g/mol. The number of rotatable bonds is 6. The molecule has 154 valence electrons. The van der Waals surface area contributed by atoms with Crippen molar-refractivity contribution >= 4 is 17.5 Å². The molecule has 0 unspecified atom stereocenters. The monoisotopic (exact) mass is 396 g/mol. The minimum atomic E-state index is -0.655. The number of hydrogen-bond donors (Lipinski definition) is 2. The first kappa shape index (κ1) is 20.9. The van der Waals surface area contributed by atoms with Gasteiger partial charge in [-0.3, -0.25) is 9.59 Å². The number of hydrogen-bond acceptors (Lipinski definition) is 4. The van der Waals surface area contributed by atoms with Crippen LogP contribution in [0.4, 0.5) is 5.69 Å². The van der Waals surface area contributed by atoms with Gasteiger partial charge in [0.25, 0.3) is 5.91 Å². The van der Waals surface area contributed by atoms with Crippen LogP contribution in [0.15, 0.2) is 48.5 Å². The van der Waals surface area contributed by atoms with Gasteiger partial charge < -0.3 is 20.1 Å². The van der Waals surface area contributed by atoms with Crippen molar-refractivity contribution in [3.8, 4) is 5.75 Å². The highest BCUT2D eigenvalue weighted by Crippen LogP contribution is 2.37. The van der Waals surface area contributed by atoms with E-state index < -0.39 is 5.41 Å². The van der Waals surface area contributed by atoms with Gasteiger partial charge in [0.1, 0.15) is 5.75 Å². The van der Waals surface area contributed by atoms with Crippen molar-refractivity contribution in [1.29, 1.82) is 0 Å². The van der Waals surface area contributed by atoms with Crippen LogP contribution in [0.5, 0.6) is 5.75 Å². The Balaban J connectivity index is 1.79. The zero-order valence-electron chi connectivity index (χ0n) is 17.2. The van der Waals surface area contributed by atoms with Crippen molar-refractivity contribution in [2.45, 2.75) is 38.1 Å². The number of carbonyl (C=O) groups is 2. The van der Waals surface area contributed by atoms with Gasteiger partial charge in [0.2, 0.25) is 5.91 Å². The van der Waals surface area contributed by atoms with Crippen LogP contribution in [0.1, 0.15) is 42.6 Å². The number of methoxy groups -OCH3 is 1. The zero-order chi connectivity index (χ0) is 20.9. The number of benzene rings is 2. The summed E-state index contributed by atoms with van der Waals surface area (Å²) in [6, 6.07) is 14.7. The van der Waals surface area contributed by atoms with Crippen LogP contribution < -0.4 is 15.4 Å². The molecule has 3 rings (SSSR count). The number of carbonyl (C=O) groups excluding carboxylic acids is 2. The van der Waals surface area contributed by atoms with Crippen molar-refractivity contribution in [2.75, 3.05) is 25.6 Å². The molecule has 0 atom stereocenters. The molecule has 2 aromatic rings. The molecule has 0 spiro atoms. The lowest BCUT2D eigenvalue weighted by atomic mass is 9.73. The first-order chi connectivity index (χ1) is 13.9. The molecule has 0 aliphatic carbocycles. The Hall–Kier alpha value is -2.86. The van der Waals surface area contributed by atoms with E-state index in [0.717, 1.165) is 11.3 Å². The summed E-state index contributed by atoms with van der Waals surface area (Å²) in [7, 11) is 1.62. The summed E-state index contributed by atoms with van der Waals surface area (Å²) in [5, 5.41) is 5.89. The number of amides is 2. The SMILES string of the molecule is COc1ccc(C2(C(=O)Nc3ccc(C(=O)NC(C)C)cc3)CCOCC2)cc1. The van der Waals surface area contributed by atoms with Gasteiger partial charge in [0.15, 0.2) is 0 Å². The molecule has 2 aromatic carbocycles. The molecular formula is C23H28N2O4. The maximum atomic E-state index is 13.3. The van der Waals surface area contributed by atoms with Gasteiger partial charge >= 0.3 is 0 Å². The van der Waals surface area contributed by atoms with E-state index >= 15 is 0 Å². The Morgan fingerprint density at radius 2 is 1.62 bits per heavy atom. The molecule has 0 saturated carbocycles. The molecule has 1 fully saturated rings. The van der Waals surface area contributed by atoms with Gasteiger partial charge in [-0.1, -0.05) is 12.1 Å². The topological polar surface area (TPSA) is 76.7 Å². The lowest BCUT2D eigenvalue weighted by molar-refractivity contribution is -0.125. The fourth-order valence-corrected chi connectivity index (χ4v) is 3.58. The lowest BCUT2D eigenvalue weighted by Crippen LogP contribution is -2.44. The number of nitrogens with one attached hydrogen (secondary N) is 2. The summed E-state index contributed by atoms with van der Waals surface area (Å²) in [5.41, 5.74) is 1.52. The molecule has 29 heavy (non-hydrogen) atoms. The predicted octanol–water partition coefficient (Wildman–Crippen LogP) is 3.52. The molecule has 6 nitrogen and oxygen atoms in total.